The van der Waals surface area contributed by atoms with E-state index in [4.69, 9.17) is 4.84 Å². The van der Waals surface area contributed by atoms with Gasteiger partial charge < -0.3 is 9.94 Å². The zero-order valence-electron chi connectivity index (χ0n) is 15.6. The number of aliphatic carboxylic acids is 1. The molecule has 2 aliphatic rings. The number of rotatable bonds is 9. The van der Waals surface area contributed by atoms with Crippen LogP contribution in [0.1, 0.15) is 63.5 Å². The highest BCUT2D eigenvalue weighted by atomic mass is 127. The molecule has 27 heavy (non-hydrogen) atoms. The van der Waals surface area contributed by atoms with Gasteiger partial charge in [-0.1, -0.05) is 56.6 Å². The molecule has 3 rings (SSSR count). The molecule has 2 heterocycles. The number of aromatic nitrogens is 1. The highest BCUT2D eigenvalue weighted by Gasteiger charge is 2.30. The molecule has 1 aliphatic heterocycles. The van der Waals surface area contributed by atoms with Crippen LogP contribution in [0, 0.1) is 11.8 Å². The summed E-state index contributed by atoms with van der Waals surface area (Å²) in [5, 5.41) is 11.2. The normalized spacial score (nSPS) is 19.2. The van der Waals surface area contributed by atoms with E-state index in [1.54, 1.807) is 6.20 Å². The fourth-order valence-corrected chi connectivity index (χ4v) is 4.81. The Labute approximate surface area is 174 Å². The van der Waals surface area contributed by atoms with Crippen LogP contribution in [0.3, 0.4) is 0 Å². The molecule has 1 saturated carbocycles. The van der Waals surface area contributed by atoms with Crippen LogP contribution in [0.4, 0.5) is 0 Å². The van der Waals surface area contributed by atoms with Gasteiger partial charge in [-0.2, -0.15) is 0 Å². The van der Waals surface area contributed by atoms with Gasteiger partial charge in [0.05, 0.1) is 18.7 Å². The Bertz CT molecular complexity index is 647. The first-order valence-electron chi connectivity index (χ1n) is 9.85. The van der Waals surface area contributed by atoms with Crippen molar-refractivity contribution < 1.29 is 14.7 Å². The van der Waals surface area contributed by atoms with Crippen molar-refractivity contribution in [3.05, 3.63) is 39.6 Å². The Kier molecular flexibility index (Phi) is 7.75. The van der Waals surface area contributed by atoms with E-state index in [0.717, 1.165) is 33.9 Å². The van der Waals surface area contributed by atoms with Crippen molar-refractivity contribution in [3.63, 3.8) is 0 Å². The quantitative estimate of drug-likeness (QED) is 0.388. The minimum Gasteiger partial charge on any atom is -0.481 e. The van der Waals surface area contributed by atoms with Crippen LogP contribution in [0.5, 0.6) is 0 Å². The minimum absolute atomic E-state index is 0.0979. The monoisotopic (exact) mass is 485 g/mol. The second-order valence-corrected chi connectivity index (χ2v) is 8.51. The summed E-state index contributed by atoms with van der Waals surface area (Å²) in [6.45, 7) is 0.574. The molecule has 7 heteroatoms. The van der Waals surface area contributed by atoms with Crippen molar-refractivity contribution in [2.75, 3.05) is 0 Å². The van der Waals surface area contributed by atoms with Crippen LogP contribution in [-0.4, -0.2) is 21.1 Å². The Morgan fingerprint density at radius 2 is 2.19 bits per heavy atom. The second-order valence-electron chi connectivity index (χ2n) is 7.49. The number of hydrogen-bond donors (Lipinski definition) is 2. The molecular formula is C20H28IN3O3. The Morgan fingerprint density at radius 3 is 2.89 bits per heavy atom. The summed E-state index contributed by atoms with van der Waals surface area (Å²) in [5.41, 5.74) is 3.84. The molecular weight excluding hydrogens is 457 g/mol. The summed E-state index contributed by atoms with van der Waals surface area (Å²) in [6.07, 6.45) is 11.7. The van der Waals surface area contributed by atoms with Crippen molar-refractivity contribution in [2.24, 2.45) is 11.8 Å². The van der Waals surface area contributed by atoms with Gasteiger partial charge >= 0.3 is 5.97 Å². The lowest BCUT2D eigenvalue weighted by Gasteiger charge is -2.22. The van der Waals surface area contributed by atoms with E-state index >= 15 is 0 Å². The molecule has 0 aromatic carbocycles. The summed E-state index contributed by atoms with van der Waals surface area (Å²) in [7, 11) is 0. The summed E-state index contributed by atoms with van der Waals surface area (Å²) in [4.78, 5) is 21.4. The van der Waals surface area contributed by atoms with Crippen LogP contribution in [0.25, 0.3) is 0 Å². The zero-order valence-corrected chi connectivity index (χ0v) is 17.7. The summed E-state index contributed by atoms with van der Waals surface area (Å²) in [5.74, 6) is 0.693. The molecule has 0 spiro atoms. The predicted octanol–water partition coefficient (Wildman–Crippen LogP) is 4.78. The van der Waals surface area contributed by atoms with Crippen LogP contribution in [-0.2, 0) is 16.2 Å². The van der Waals surface area contributed by atoms with Crippen LogP contribution >= 0.6 is 22.6 Å². The molecule has 1 aromatic rings. The lowest BCUT2D eigenvalue weighted by molar-refractivity contribution is -0.138. The van der Waals surface area contributed by atoms with Crippen LogP contribution < -0.4 is 5.59 Å². The van der Waals surface area contributed by atoms with Gasteiger partial charge in [-0.25, -0.2) is 0 Å². The van der Waals surface area contributed by atoms with Gasteiger partial charge in [0, 0.05) is 12.1 Å². The third-order valence-electron chi connectivity index (χ3n) is 5.43. The number of nitrogens with one attached hydrogen (secondary N) is 1. The molecule has 0 bridgehead atoms. The molecule has 0 amide bonds. The molecule has 0 unspecified atom stereocenters. The number of carboxylic acids is 1. The van der Waals surface area contributed by atoms with Crippen LogP contribution in [0.2, 0.25) is 0 Å². The summed E-state index contributed by atoms with van der Waals surface area (Å²) in [6, 6.07) is 5.80. The lowest BCUT2D eigenvalue weighted by Crippen LogP contribution is -2.29. The smallest absolute Gasteiger partial charge is 0.304 e. The van der Waals surface area contributed by atoms with Crippen molar-refractivity contribution in [2.45, 2.75) is 64.3 Å². The number of hydrogen-bond acceptors (Lipinski definition) is 5. The highest BCUT2D eigenvalue weighted by Crippen LogP contribution is 2.35. The molecule has 1 aliphatic carbocycles. The molecule has 1 fully saturated rings. The number of carbonyl (C=O) groups is 1. The first-order chi connectivity index (χ1) is 13.1. The van der Waals surface area contributed by atoms with Crippen LogP contribution in [0.15, 0.2) is 33.9 Å². The first-order valence-corrected chi connectivity index (χ1v) is 10.9. The number of halogens is 1. The van der Waals surface area contributed by atoms with Crippen molar-refractivity contribution >= 4 is 28.6 Å². The Hall–Kier alpha value is -1.35. The molecule has 2 N–H and O–H groups in total. The zero-order chi connectivity index (χ0) is 19.1. The van der Waals surface area contributed by atoms with Gasteiger partial charge in [0.15, 0.2) is 5.76 Å². The van der Waals surface area contributed by atoms with Gasteiger partial charge in [0.25, 0.3) is 0 Å². The molecule has 0 radical (unpaired) electrons. The van der Waals surface area contributed by atoms with E-state index < -0.39 is 5.97 Å². The molecule has 1 aromatic heterocycles. The third-order valence-corrected chi connectivity index (χ3v) is 6.55. The van der Waals surface area contributed by atoms with Crippen molar-refractivity contribution in [3.8, 4) is 0 Å². The Balaban J connectivity index is 1.59. The first kappa shape index (κ1) is 20.4. The van der Waals surface area contributed by atoms with Gasteiger partial charge in [-0.3, -0.25) is 14.8 Å². The predicted molar refractivity (Wildman–Crippen MR) is 111 cm³/mol. The fourth-order valence-electron chi connectivity index (χ4n) is 3.99. The maximum absolute atomic E-state index is 11.4. The maximum Gasteiger partial charge on any atom is 0.304 e. The van der Waals surface area contributed by atoms with Gasteiger partial charge in [0.2, 0.25) is 0 Å². The number of hydrazine groups is 1. The number of nitrogens with zero attached hydrogens (tertiary/aromatic N) is 2. The summed E-state index contributed by atoms with van der Waals surface area (Å²) >= 11 is 2.24. The van der Waals surface area contributed by atoms with E-state index in [9.17, 15) is 9.90 Å². The highest BCUT2D eigenvalue weighted by molar-refractivity contribution is 14.1. The fraction of sp³-hybridized carbons (Fsp3) is 0.600. The molecule has 6 nitrogen and oxygen atoms in total. The third kappa shape index (κ3) is 6.07. The number of carboxylic acid groups (broad SMARTS) is 1. The number of pyridine rings is 1. The average molecular weight is 485 g/mol. The van der Waals surface area contributed by atoms with E-state index in [0.29, 0.717) is 6.54 Å². The molecule has 148 valence electrons. The SMILES string of the molecule is O=C(O)C[C@@H](CCCC1CCCCC1)C1=C(I)N(Cc2ccccn2)NO1. The molecule has 1 atom stereocenters. The van der Waals surface area contributed by atoms with Crippen molar-refractivity contribution in [1.82, 2.24) is 15.6 Å². The topological polar surface area (TPSA) is 74.7 Å². The van der Waals surface area contributed by atoms with E-state index in [2.05, 4.69) is 33.2 Å². The van der Waals surface area contributed by atoms with E-state index in [1.807, 2.05) is 23.2 Å². The number of allylic oxidation sites excluding steroid dienone is 1. The van der Waals surface area contributed by atoms with Crippen molar-refractivity contribution in [1.29, 1.82) is 0 Å². The average Bonchev–Trinajstić information content (AvgIpc) is 3.03. The van der Waals surface area contributed by atoms with Gasteiger partial charge in [-0.05, 0) is 47.1 Å². The van der Waals surface area contributed by atoms with E-state index in [1.165, 1.54) is 38.5 Å². The standard InChI is InChI=1S/C20H28IN3O3/c21-20-19(27-23-24(20)14-17-11-4-5-12-22-17)16(13-18(25)26)10-6-9-15-7-2-1-3-8-15/h4-5,11-12,15-16,23H,1-3,6-10,13-14H2,(H,25,26)/t16-/m1/s1. The maximum atomic E-state index is 11.4. The van der Waals surface area contributed by atoms with Gasteiger partial charge in [-0.15, -0.1) is 0 Å². The second kappa shape index (κ2) is 10.3. The summed E-state index contributed by atoms with van der Waals surface area (Å²) < 4.78 is 0.919. The molecule has 0 saturated heterocycles. The van der Waals surface area contributed by atoms with E-state index in [-0.39, 0.29) is 12.3 Å². The van der Waals surface area contributed by atoms with Gasteiger partial charge in [0.1, 0.15) is 3.70 Å². The largest absolute Gasteiger partial charge is 0.481 e. The Morgan fingerprint density at radius 1 is 1.37 bits per heavy atom. The lowest BCUT2D eigenvalue weighted by atomic mass is 9.84. The minimum atomic E-state index is -0.777.